The molecule has 1 aliphatic rings. The molecule has 2 aromatic carbocycles. The fourth-order valence-corrected chi connectivity index (χ4v) is 2.76. The van der Waals surface area contributed by atoms with Gasteiger partial charge in [-0.05, 0) is 48.6 Å². The number of amides is 1. The van der Waals surface area contributed by atoms with Gasteiger partial charge in [-0.15, -0.1) is 0 Å². The summed E-state index contributed by atoms with van der Waals surface area (Å²) in [5, 5.41) is 2.96. The molecular weight excluding hydrogens is 248 g/mol. The Bertz CT molecular complexity index is 639. The second-order valence-corrected chi connectivity index (χ2v) is 5.45. The van der Waals surface area contributed by atoms with Gasteiger partial charge in [-0.2, -0.15) is 0 Å². The fraction of sp³-hybridized carbons (Fsp3) is 0.235. The topological polar surface area (TPSA) is 55.1 Å². The van der Waals surface area contributed by atoms with Crippen LogP contribution in [0, 0.1) is 12.8 Å². The van der Waals surface area contributed by atoms with Crippen molar-refractivity contribution in [2.24, 2.45) is 5.92 Å². The van der Waals surface area contributed by atoms with Gasteiger partial charge in [-0.25, -0.2) is 0 Å². The third kappa shape index (κ3) is 2.39. The maximum Gasteiger partial charge on any atom is 0.228 e. The molecule has 0 heterocycles. The number of carbonyl (C=O) groups is 1. The molecule has 3 heteroatoms. The van der Waals surface area contributed by atoms with Crippen molar-refractivity contribution in [3.8, 4) is 0 Å². The minimum atomic E-state index is 0.00677. The van der Waals surface area contributed by atoms with Gasteiger partial charge in [0.2, 0.25) is 5.91 Å². The van der Waals surface area contributed by atoms with Gasteiger partial charge in [0.25, 0.3) is 0 Å². The van der Waals surface area contributed by atoms with Crippen molar-refractivity contribution < 1.29 is 4.79 Å². The minimum absolute atomic E-state index is 0.00677. The fourth-order valence-electron chi connectivity index (χ4n) is 2.76. The monoisotopic (exact) mass is 266 g/mol. The quantitative estimate of drug-likeness (QED) is 0.821. The van der Waals surface area contributed by atoms with Gasteiger partial charge >= 0.3 is 0 Å². The van der Waals surface area contributed by atoms with Crippen molar-refractivity contribution in [1.82, 2.24) is 0 Å². The molecule has 1 aliphatic carbocycles. The van der Waals surface area contributed by atoms with E-state index in [1.807, 2.05) is 37.3 Å². The van der Waals surface area contributed by atoms with Gasteiger partial charge in [0.15, 0.2) is 0 Å². The molecule has 3 nitrogen and oxygen atoms in total. The van der Waals surface area contributed by atoms with E-state index in [0.717, 1.165) is 18.4 Å². The molecule has 3 rings (SSSR count). The number of hydrogen-bond donors (Lipinski definition) is 2. The highest BCUT2D eigenvalue weighted by Gasteiger charge is 2.27. The lowest BCUT2D eigenvalue weighted by Crippen LogP contribution is -2.23. The molecule has 0 saturated carbocycles. The molecule has 20 heavy (non-hydrogen) atoms. The average molecular weight is 266 g/mol. The third-order valence-electron chi connectivity index (χ3n) is 3.89. The number of nitrogens with one attached hydrogen (secondary N) is 1. The third-order valence-corrected chi connectivity index (χ3v) is 3.89. The summed E-state index contributed by atoms with van der Waals surface area (Å²) in [5.74, 6) is 0.0609. The molecule has 2 aromatic rings. The summed E-state index contributed by atoms with van der Waals surface area (Å²) in [6.45, 7) is 1.99. The van der Waals surface area contributed by atoms with Gasteiger partial charge in [-0.3, -0.25) is 4.79 Å². The lowest BCUT2D eigenvalue weighted by Gasteiger charge is -2.12. The second kappa shape index (κ2) is 5.00. The number of anilines is 2. The number of nitrogens with two attached hydrogens (primary N) is 1. The Balaban J connectivity index is 1.74. The van der Waals surface area contributed by atoms with E-state index in [1.165, 1.54) is 11.1 Å². The van der Waals surface area contributed by atoms with Crippen LogP contribution in [0.5, 0.6) is 0 Å². The Morgan fingerprint density at radius 2 is 1.80 bits per heavy atom. The normalized spacial score (nSPS) is 14.1. The van der Waals surface area contributed by atoms with Gasteiger partial charge < -0.3 is 11.1 Å². The minimum Gasteiger partial charge on any atom is -0.397 e. The van der Waals surface area contributed by atoms with Crippen LogP contribution >= 0.6 is 0 Å². The van der Waals surface area contributed by atoms with Crippen LogP contribution in [0.1, 0.15) is 16.7 Å². The van der Waals surface area contributed by atoms with Crippen LogP contribution in [0.2, 0.25) is 0 Å². The SMILES string of the molecule is Cc1ccc(N)c(NC(=O)C2Cc3ccccc3C2)c1. The molecule has 102 valence electrons. The highest BCUT2D eigenvalue weighted by molar-refractivity contribution is 5.96. The van der Waals surface area contributed by atoms with E-state index in [-0.39, 0.29) is 11.8 Å². The van der Waals surface area contributed by atoms with Crippen LogP contribution in [0.4, 0.5) is 11.4 Å². The molecule has 0 saturated heterocycles. The molecule has 0 radical (unpaired) electrons. The first-order valence-corrected chi connectivity index (χ1v) is 6.87. The van der Waals surface area contributed by atoms with E-state index in [4.69, 9.17) is 5.73 Å². The van der Waals surface area contributed by atoms with Gasteiger partial charge in [-0.1, -0.05) is 30.3 Å². The van der Waals surface area contributed by atoms with E-state index >= 15 is 0 Å². The largest absolute Gasteiger partial charge is 0.397 e. The Morgan fingerprint density at radius 3 is 2.45 bits per heavy atom. The van der Waals surface area contributed by atoms with E-state index in [9.17, 15) is 4.79 Å². The average Bonchev–Trinajstić information content (AvgIpc) is 2.87. The summed E-state index contributed by atoms with van der Waals surface area (Å²) in [4.78, 5) is 12.4. The Kier molecular flexibility index (Phi) is 3.18. The van der Waals surface area contributed by atoms with Crippen LogP contribution in [-0.2, 0) is 17.6 Å². The zero-order valence-electron chi connectivity index (χ0n) is 11.5. The summed E-state index contributed by atoms with van der Waals surface area (Å²) < 4.78 is 0. The lowest BCUT2D eigenvalue weighted by atomic mass is 10.1. The molecule has 0 atom stereocenters. The Labute approximate surface area is 118 Å². The summed E-state index contributed by atoms with van der Waals surface area (Å²) in [7, 11) is 0. The number of benzene rings is 2. The number of carbonyl (C=O) groups excluding carboxylic acids is 1. The molecule has 0 aromatic heterocycles. The Hall–Kier alpha value is -2.29. The number of nitrogen functional groups attached to an aromatic ring is 1. The van der Waals surface area contributed by atoms with Gasteiger partial charge in [0.1, 0.15) is 0 Å². The van der Waals surface area contributed by atoms with E-state index in [1.54, 1.807) is 0 Å². The number of hydrogen-bond acceptors (Lipinski definition) is 2. The van der Waals surface area contributed by atoms with E-state index < -0.39 is 0 Å². The molecule has 0 unspecified atom stereocenters. The summed E-state index contributed by atoms with van der Waals surface area (Å²) in [5.41, 5.74) is 10.9. The zero-order chi connectivity index (χ0) is 14.1. The van der Waals surface area contributed by atoms with Crippen molar-refractivity contribution in [3.05, 3.63) is 59.2 Å². The molecule has 0 aliphatic heterocycles. The number of aryl methyl sites for hydroxylation is 1. The molecule has 0 fully saturated rings. The highest BCUT2D eigenvalue weighted by atomic mass is 16.1. The number of rotatable bonds is 2. The van der Waals surface area contributed by atoms with Crippen LogP contribution < -0.4 is 11.1 Å². The standard InChI is InChI=1S/C17H18N2O/c1-11-6-7-15(18)16(8-11)19-17(20)14-9-12-4-2-3-5-13(12)10-14/h2-8,14H,9-10,18H2,1H3,(H,19,20). The van der Waals surface area contributed by atoms with Gasteiger partial charge in [0.05, 0.1) is 11.4 Å². The van der Waals surface area contributed by atoms with Crippen molar-refractivity contribution in [1.29, 1.82) is 0 Å². The van der Waals surface area contributed by atoms with E-state index in [2.05, 4.69) is 17.4 Å². The Morgan fingerprint density at radius 1 is 1.15 bits per heavy atom. The van der Waals surface area contributed by atoms with Crippen molar-refractivity contribution in [2.45, 2.75) is 19.8 Å². The molecular formula is C17H18N2O. The summed E-state index contributed by atoms with van der Waals surface area (Å²) in [6.07, 6.45) is 1.63. The van der Waals surface area contributed by atoms with Crippen LogP contribution in [0.15, 0.2) is 42.5 Å². The van der Waals surface area contributed by atoms with E-state index in [0.29, 0.717) is 11.4 Å². The second-order valence-electron chi connectivity index (χ2n) is 5.45. The lowest BCUT2D eigenvalue weighted by molar-refractivity contribution is -0.119. The van der Waals surface area contributed by atoms with Crippen LogP contribution in [0.3, 0.4) is 0 Å². The summed E-state index contributed by atoms with van der Waals surface area (Å²) >= 11 is 0. The molecule has 0 bridgehead atoms. The predicted octanol–water partition coefficient (Wildman–Crippen LogP) is 2.93. The number of fused-ring (bicyclic) bond motifs is 1. The van der Waals surface area contributed by atoms with Crippen LogP contribution in [0.25, 0.3) is 0 Å². The van der Waals surface area contributed by atoms with Crippen molar-refractivity contribution in [2.75, 3.05) is 11.1 Å². The molecule has 0 spiro atoms. The first-order valence-electron chi connectivity index (χ1n) is 6.87. The molecule has 3 N–H and O–H groups in total. The summed E-state index contributed by atoms with van der Waals surface area (Å²) in [6, 6.07) is 13.9. The first kappa shape index (κ1) is 12.7. The van der Waals surface area contributed by atoms with Crippen molar-refractivity contribution in [3.63, 3.8) is 0 Å². The maximum absolute atomic E-state index is 12.4. The highest BCUT2D eigenvalue weighted by Crippen LogP contribution is 2.28. The predicted molar refractivity (Wildman–Crippen MR) is 81.6 cm³/mol. The van der Waals surface area contributed by atoms with Crippen LogP contribution in [-0.4, -0.2) is 5.91 Å². The van der Waals surface area contributed by atoms with Crippen molar-refractivity contribution >= 4 is 17.3 Å². The van der Waals surface area contributed by atoms with Gasteiger partial charge in [0, 0.05) is 5.92 Å². The zero-order valence-corrected chi connectivity index (χ0v) is 11.5. The maximum atomic E-state index is 12.4. The smallest absolute Gasteiger partial charge is 0.228 e. The molecule has 1 amide bonds. The first-order chi connectivity index (χ1) is 9.63.